The van der Waals surface area contributed by atoms with Crippen LogP contribution < -0.4 is 10.6 Å². The summed E-state index contributed by atoms with van der Waals surface area (Å²) in [6.45, 7) is 3.95. The Morgan fingerprint density at radius 2 is 2.13 bits per heavy atom. The number of nitrogens with one attached hydrogen (secondary N) is 2. The minimum Gasteiger partial charge on any atom is -0.338 e. The van der Waals surface area contributed by atoms with Crippen LogP contribution in [0.25, 0.3) is 11.2 Å². The Balaban J connectivity index is 2.06. The van der Waals surface area contributed by atoms with Crippen LogP contribution in [0.3, 0.4) is 0 Å². The van der Waals surface area contributed by atoms with Crippen LogP contribution in [0.1, 0.15) is 26.1 Å². The predicted molar refractivity (Wildman–Crippen MR) is 78.8 cm³/mol. The summed E-state index contributed by atoms with van der Waals surface area (Å²) in [7, 11) is 0. The van der Waals surface area contributed by atoms with Gasteiger partial charge in [0.05, 0.1) is 0 Å². The molecular weight excluding hydrogens is 311 g/mol. The quantitative estimate of drug-likeness (QED) is 0.828. The fourth-order valence-electron chi connectivity index (χ4n) is 2.14. The number of aromatic nitrogens is 3. The second-order valence-corrected chi connectivity index (χ2v) is 5.34. The number of urea groups is 1. The fourth-order valence-corrected chi connectivity index (χ4v) is 2.14. The van der Waals surface area contributed by atoms with Crippen LogP contribution >= 0.6 is 0 Å². The van der Waals surface area contributed by atoms with Gasteiger partial charge in [-0.3, -0.25) is 0 Å². The molecular formula is C14H18F3N5O. The number of imidazole rings is 1. The van der Waals surface area contributed by atoms with Gasteiger partial charge in [-0.2, -0.15) is 13.2 Å². The molecule has 2 N–H and O–H groups in total. The van der Waals surface area contributed by atoms with E-state index < -0.39 is 12.0 Å². The highest BCUT2D eigenvalue weighted by Crippen LogP contribution is 2.30. The van der Waals surface area contributed by atoms with E-state index in [4.69, 9.17) is 0 Å². The molecule has 126 valence electrons. The molecule has 0 aliphatic carbocycles. The second kappa shape index (κ2) is 6.84. The lowest BCUT2D eigenvalue weighted by atomic mass is 10.4. The third-order valence-corrected chi connectivity index (χ3v) is 3.02. The van der Waals surface area contributed by atoms with Crippen LogP contribution in [-0.2, 0) is 12.7 Å². The van der Waals surface area contributed by atoms with Gasteiger partial charge >= 0.3 is 12.2 Å². The van der Waals surface area contributed by atoms with E-state index in [9.17, 15) is 18.0 Å². The Morgan fingerprint density at radius 3 is 2.78 bits per heavy atom. The highest BCUT2D eigenvalue weighted by molar-refractivity contribution is 5.74. The lowest BCUT2D eigenvalue weighted by Crippen LogP contribution is -2.40. The van der Waals surface area contributed by atoms with Crippen molar-refractivity contribution in [1.82, 2.24) is 25.2 Å². The summed E-state index contributed by atoms with van der Waals surface area (Å²) in [6.07, 6.45) is -2.80. The highest BCUT2D eigenvalue weighted by atomic mass is 19.4. The second-order valence-electron chi connectivity index (χ2n) is 5.34. The van der Waals surface area contributed by atoms with Crippen molar-refractivity contribution in [3.05, 3.63) is 24.2 Å². The standard InChI is InChI=1S/C14H18F3N5O/c1-9(2)20-13(23)19-7-4-8-22-11-10(5-3-6-18-11)21-12(22)14(15,16)17/h3,5-6,9H,4,7-8H2,1-2H3,(H2,19,20,23). The Morgan fingerprint density at radius 1 is 1.39 bits per heavy atom. The topological polar surface area (TPSA) is 71.8 Å². The van der Waals surface area contributed by atoms with Crippen LogP contribution in [0.15, 0.2) is 18.3 Å². The molecule has 0 spiro atoms. The van der Waals surface area contributed by atoms with Gasteiger partial charge in [-0.1, -0.05) is 0 Å². The lowest BCUT2D eigenvalue weighted by Gasteiger charge is -2.12. The summed E-state index contributed by atoms with van der Waals surface area (Å²) in [5, 5.41) is 5.24. The number of hydrogen-bond acceptors (Lipinski definition) is 3. The van der Waals surface area contributed by atoms with Crippen LogP contribution in [-0.4, -0.2) is 33.2 Å². The minimum atomic E-state index is -4.55. The fraction of sp³-hybridized carbons (Fsp3) is 0.500. The molecule has 23 heavy (non-hydrogen) atoms. The van der Waals surface area contributed by atoms with E-state index in [1.165, 1.54) is 18.3 Å². The van der Waals surface area contributed by atoms with Crippen molar-refractivity contribution >= 4 is 17.2 Å². The summed E-state index contributed by atoms with van der Waals surface area (Å²) in [5.41, 5.74) is 0.386. The summed E-state index contributed by atoms with van der Waals surface area (Å²) in [6, 6.07) is 2.68. The summed E-state index contributed by atoms with van der Waals surface area (Å²) in [4.78, 5) is 19.0. The van der Waals surface area contributed by atoms with Gasteiger partial charge in [-0.15, -0.1) is 0 Å². The molecule has 0 aromatic carbocycles. The predicted octanol–water partition coefficient (Wildman–Crippen LogP) is 2.55. The van der Waals surface area contributed by atoms with Gasteiger partial charge in [0.25, 0.3) is 0 Å². The smallest absolute Gasteiger partial charge is 0.338 e. The van der Waals surface area contributed by atoms with Gasteiger partial charge < -0.3 is 15.2 Å². The van der Waals surface area contributed by atoms with Gasteiger partial charge in [0, 0.05) is 25.3 Å². The number of fused-ring (bicyclic) bond motifs is 1. The molecule has 2 aromatic heterocycles. The molecule has 0 aliphatic heterocycles. The van der Waals surface area contributed by atoms with Crippen LogP contribution in [0.4, 0.5) is 18.0 Å². The summed E-state index contributed by atoms with van der Waals surface area (Å²) < 4.78 is 40.3. The Labute approximate surface area is 131 Å². The first-order valence-corrected chi connectivity index (χ1v) is 7.22. The highest BCUT2D eigenvalue weighted by Gasteiger charge is 2.37. The van der Waals surface area contributed by atoms with Crippen LogP contribution in [0.2, 0.25) is 0 Å². The lowest BCUT2D eigenvalue weighted by molar-refractivity contribution is -0.147. The number of alkyl halides is 3. The number of hydrogen-bond donors (Lipinski definition) is 2. The number of aryl methyl sites for hydroxylation is 1. The molecule has 0 radical (unpaired) electrons. The molecule has 2 heterocycles. The van der Waals surface area contributed by atoms with E-state index in [1.807, 2.05) is 13.8 Å². The Kier molecular flexibility index (Phi) is 5.07. The largest absolute Gasteiger partial charge is 0.449 e. The molecule has 2 aromatic rings. The molecule has 2 amide bonds. The first-order valence-electron chi connectivity index (χ1n) is 7.22. The zero-order valence-electron chi connectivity index (χ0n) is 12.8. The summed E-state index contributed by atoms with van der Waals surface area (Å²) >= 11 is 0. The maximum Gasteiger partial charge on any atom is 0.449 e. The number of rotatable bonds is 5. The van der Waals surface area contributed by atoms with E-state index in [0.29, 0.717) is 6.42 Å². The number of nitrogens with zero attached hydrogens (tertiary/aromatic N) is 3. The normalized spacial score (nSPS) is 11.9. The molecule has 2 rings (SSSR count). The van der Waals surface area contributed by atoms with Gasteiger partial charge in [0.15, 0.2) is 5.65 Å². The maximum atomic E-state index is 13.1. The van der Waals surface area contributed by atoms with Gasteiger partial charge in [0.2, 0.25) is 5.82 Å². The van der Waals surface area contributed by atoms with Gasteiger partial charge in [-0.05, 0) is 32.4 Å². The van der Waals surface area contributed by atoms with Crippen molar-refractivity contribution in [1.29, 1.82) is 0 Å². The number of pyridine rings is 1. The summed E-state index contributed by atoms with van der Waals surface area (Å²) in [5.74, 6) is -0.974. The third-order valence-electron chi connectivity index (χ3n) is 3.02. The van der Waals surface area contributed by atoms with Crippen LogP contribution in [0.5, 0.6) is 0 Å². The third kappa shape index (κ3) is 4.33. The molecule has 0 bridgehead atoms. The molecule has 9 heteroatoms. The molecule has 0 saturated carbocycles. The number of amides is 2. The van der Waals surface area contributed by atoms with Gasteiger partial charge in [0.1, 0.15) is 5.52 Å². The molecule has 0 aliphatic rings. The van der Waals surface area contributed by atoms with E-state index in [1.54, 1.807) is 0 Å². The van der Waals surface area contributed by atoms with E-state index in [0.717, 1.165) is 4.57 Å². The van der Waals surface area contributed by atoms with E-state index in [2.05, 4.69) is 20.6 Å². The van der Waals surface area contributed by atoms with Crippen molar-refractivity contribution in [3.63, 3.8) is 0 Å². The van der Waals surface area contributed by atoms with E-state index in [-0.39, 0.29) is 36.3 Å². The maximum absolute atomic E-state index is 13.1. The Bertz CT molecular complexity index is 681. The van der Waals surface area contributed by atoms with Gasteiger partial charge in [-0.25, -0.2) is 14.8 Å². The molecule has 0 saturated heterocycles. The zero-order valence-corrected chi connectivity index (χ0v) is 12.8. The van der Waals surface area contributed by atoms with Crippen molar-refractivity contribution < 1.29 is 18.0 Å². The number of halogens is 3. The number of carbonyl (C=O) groups is 1. The number of carbonyl (C=O) groups excluding carboxylic acids is 1. The SMILES string of the molecule is CC(C)NC(=O)NCCCn1c(C(F)(F)F)nc2cccnc21. The van der Waals surface area contributed by atoms with Crippen LogP contribution in [0, 0.1) is 0 Å². The average Bonchev–Trinajstić information content (AvgIpc) is 2.82. The molecule has 0 fully saturated rings. The van der Waals surface area contributed by atoms with Crippen molar-refractivity contribution in [2.75, 3.05) is 6.54 Å². The van der Waals surface area contributed by atoms with Crippen molar-refractivity contribution in [2.24, 2.45) is 0 Å². The zero-order chi connectivity index (χ0) is 17.0. The molecule has 0 atom stereocenters. The minimum absolute atomic E-state index is 0.00590. The van der Waals surface area contributed by atoms with Crippen molar-refractivity contribution in [3.8, 4) is 0 Å². The molecule has 6 nitrogen and oxygen atoms in total. The molecule has 0 unspecified atom stereocenters. The van der Waals surface area contributed by atoms with E-state index >= 15 is 0 Å². The first kappa shape index (κ1) is 17.0. The Hall–Kier alpha value is -2.32. The average molecular weight is 329 g/mol. The first-order chi connectivity index (χ1) is 10.8. The van der Waals surface area contributed by atoms with Crippen molar-refractivity contribution in [2.45, 2.75) is 39.0 Å². The monoisotopic (exact) mass is 329 g/mol.